The largest absolute Gasteiger partial charge is 0.497 e. The Morgan fingerprint density at radius 3 is 2.59 bits per heavy atom. The van der Waals surface area contributed by atoms with E-state index < -0.39 is 0 Å². The first-order valence-corrected chi connectivity index (χ1v) is 10.6. The van der Waals surface area contributed by atoms with Crippen LogP contribution in [0, 0.1) is 32.1 Å². The van der Waals surface area contributed by atoms with E-state index in [1.54, 1.807) is 7.11 Å². The van der Waals surface area contributed by atoms with Crippen LogP contribution in [0.15, 0.2) is 29.3 Å². The van der Waals surface area contributed by atoms with Gasteiger partial charge in [0.05, 0.1) is 18.4 Å². The van der Waals surface area contributed by atoms with Gasteiger partial charge in [0.15, 0.2) is 0 Å². The van der Waals surface area contributed by atoms with Gasteiger partial charge in [0.1, 0.15) is 16.8 Å². The molecule has 0 radical (unpaired) electrons. The Labute approximate surface area is 176 Å². The summed E-state index contributed by atoms with van der Waals surface area (Å²) in [6.45, 7) is 8.78. The molecule has 3 rings (SSSR count). The van der Waals surface area contributed by atoms with Crippen molar-refractivity contribution in [3.63, 3.8) is 0 Å². The average Bonchev–Trinajstić information content (AvgIpc) is 2.76. The van der Waals surface area contributed by atoms with Crippen molar-refractivity contribution in [2.75, 3.05) is 43.9 Å². The van der Waals surface area contributed by atoms with Gasteiger partial charge in [-0.3, -0.25) is 4.79 Å². The molecule has 1 saturated heterocycles. The summed E-state index contributed by atoms with van der Waals surface area (Å²) in [5.74, 6) is 1.21. The van der Waals surface area contributed by atoms with Crippen molar-refractivity contribution in [2.45, 2.75) is 25.8 Å². The molecule has 0 atom stereocenters. The molecule has 0 unspecified atom stereocenters. The van der Waals surface area contributed by atoms with E-state index in [2.05, 4.69) is 22.0 Å². The summed E-state index contributed by atoms with van der Waals surface area (Å²) in [7, 11) is 1.66. The van der Waals surface area contributed by atoms with E-state index in [1.165, 1.54) is 11.8 Å². The average molecular weight is 411 g/mol. The van der Waals surface area contributed by atoms with Crippen molar-refractivity contribution < 1.29 is 9.53 Å². The zero-order valence-corrected chi connectivity index (χ0v) is 18.2. The van der Waals surface area contributed by atoms with Crippen molar-refractivity contribution in [1.82, 2.24) is 9.88 Å². The predicted molar refractivity (Wildman–Crippen MR) is 116 cm³/mol. The Morgan fingerprint density at radius 1 is 1.21 bits per heavy atom. The number of hydrogen-bond acceptors (Lipinski definition) is 6. The summed E-state index contributed by atoms with van der Waals surface area (Å²) in [5, 5.41) is 10.1. The van der Waals surface area contributed by atoms with E-state index in [0.29, 0.717) is 29.4 Å². The Kier molecular flexibility index (Phi) is 6.65. The molecule has 1 aliphatic rings. The summed E-state index contributed by atoms with van der Waals surface area (Å²) < 4.78 is 5.30. The molecule has 6 nitrogen and oxygen atoms in total. The molecule has 0 spiro atoms. The fourth-order valence-corrected chi connectivity index (χ4v) is 4.38. The molecule has 0 bridgehead atoms. The van der Waals surface area contributed by atoms with Gasteiger partial charge in [-0.25, -0.2) is 4.98 Å². The number of nitriles is 1. The third kappa shape index (κ3) is 4.65. The summed E-state index contributed by atoms with van der Waals surface area (Å²) >= 11 is 1.36. The van der Waals surface area contributed by atoms with E-state index in [-0.39, 0.29) is 5.91 Å². The summed E-state index contributed by atoms with van der Waals surface area (Å²) in [5.41, 5.74) is 4.57. The minimum absolute atomic E-state index is 0.0851. The van der Waals surface area contributed by atoms with Gasteiger partial charge >= 0.3 is 0 Å². The van der Waals surface area contributed by atoms with Crippen LogP contribution < -0.4 is 9.64 Å². The number of hydrogen-bond donors (Lipinski definition) is 0. The van der Waals surface area contributed by atoms with Gasteiger partial charge in [0.2, 0.25) is 5.91 Å². The molecule has 152 valence electrons. The first-order chi connectivity index (χ1) is 13.9. The lowest BCUT2D eigenvalue weighted by molar-refractivity contribution is -0.128. The van der Waals surface area contributed by atoms with Crippen LogP contribution >= 0.6 is 11.8 Å². The van der Waals surface area contributed by atoms with Crippen LogP contribution in [0.5, 0.6) is 5.75 Å². The zero-order chi connectivity index (χ0) is 21.0. The number of nitrogens with zero attached hydrogens (tertiary/aromatic N) is 4. The number of benzene rings is 1. The molecule has 2 aromatic rings. The molecule has 1 aliphatic heterocycles. The van der Waals surface area contributed by atoms with Crippen LogP contribution in [-0.2, 0) is 4.79 Å². The number of thioether (sulfide) groups is 1. The standard InChI is InChI=1S/C22H26N4O2S/c1-15-16(2)20(13-23)22(24-17(15)3)29-14-21(27)26-10-8-25(9-11-26)18-6-5-7-19(12-18)28-4/h5-7,12H,8-11,14H2,1-4H3. The predicted octanol–water partition coefficient (Wildman–Crippen LogP) is 3.33. The maximum Gasteiger partial charge on any atom is 0.233 e. The molecule has 2 heterocycles. The zero-order valence-electron chi connectivity index (χ0n) is 17.4. The lowest BCUT2D eigenvalue weighted by Crippen LogP contribution is -2.49. The molecular formula is C22H26N4O2S. The Morgan fingerprint density at radius 2 is 1.93 bits per heavy atom. The fraction of sp³-hybridized carbons (Fsp3) is 0.409. The molecular weight excluding hydrogens is 384 g/mol. The van der Waals surface area contributed by atoms with E-state index in [4.69, 9.17) is 4.74 Å². The highest BCUT2D eigenvalue weighted by Crippen LogP contribution is 2.27. The van der Waals surface area contributed by atoms with Crippen molar-refractivity contribution in [3.05, 3.63) is 46.6 Å². The van der Waals surface area contributed by atoms with Gasteiger partial charge < -0.3 is 14.5 Å². The second-order valence-electron chi connectivity index (χ2n) is 7.10. The normalized spacial score (nSPS) is 13.9. The number of carbonyl (C=O) groups is 1. The van der Waals surface area contributed by atoms with E-state index in [9.17, 15) is 10.1 Å². The van der Waals surface area contributed by atoms with Gasteiger partial charge in [-0.15, -0.1) is 0 Å². The second kappa shape index (κ2) is 9.19. The van der Waals surface area contributed by atoms with Gasteiger partial charge in [-0.05, 0) is 44.0 Å². The highest BCUT2D eigenvalue weighted by molar-refractivity contribution is 8.00. The number of aromatic nitrogens is 1. The second-order valence-corrected chi connectivity index (χ2v) is 8.06. The molecule has 0 saturated carbocycles. The number of amides is 1. The third-order valence-electron chi connectivity index (χ3n) is 5.46. The number of anilines is 1. The lowest BCUT2D eigenvalue weighted by Gasteiger charge is -2.36. The van der Waals surface area contributed by atoms with Crippen LogP contribution in [0.4, 0.5) is 5.69 Å². The van der Waals surface area contributed by atoms with E-state index >= 15 is 0 Å². The summed E-state index contributed by atoms with van der Waals surface area (Å²) in [6.07, 6.45) is 0. The van der Waals surface area contributed by atoms with Crippen molar-refractivity contribution >= 4 is 23.4 Å². The number of rotatable bonds is 5. The number of carbonyl (C=O) groups excluding carboxylic acids is 1. The van der Waals surface area contributed by atoms with Crippen molar-refractivity contribution in [1.29, 1.82) is 5.26 Å². The number of pyridine rings is 1. The van der Waals surface area contributed by atoms with E-state index in [0.717, 1.165) is 41.3 Å². The van der Waals surface area contributed by atoms with Crippen LogP contribution in [0.3, 0.4) is 0 Å². The van der Waals surface area contributed by atoms with Crippen molar-refractivity contribution in [3.8, 4) is 11.8 Å². The number of piperazine rings is 1. The molecule has 0 aliphatic carbocycles. The number of ether oxygens (including phenoxy) is 1. The molecule has 1 aromatic carbocycles. The van der Waals surface area contributed by atoms with Gasteiger partial charge in [0.25, 0.3) is 0 Å². The Balaban J connectivity index is 1.59. The quantitative estimate of drug-likeness (QED) is 0.705. The Hall–Kier alpha value is -2.72. The first kappa shape index (κ1) is 21.0. The smallest absolute Gasteiger partial charge is 0.233 e. The van der Waals surface area contributed by atoms with Crippen LogP contribution in [0.2, 0.25) is 0 Å². The number of aryl methyl sites for hydroxylation is 1. The van der Waals surface area contributed by atoms with Crippen LogP contribution in [0.1, 0.15) is 22.4 Å². The fourth-order valence-electron chi connectivity index (χ4n) is 3.39. The maximum absolute atomic E-state index is 12.7. The minimum atomic E-state index is 0.0851. The minimum Gasteiger partial charge on any atom is -0.497 e. The summed E-state index contributed by atoms with van der Waals surface area (Å²) in [6, 6.07) is 10.2. The monoisotopic (exact) mass is 410 g/mol. The number of methoxy groups -OCH3 is 1. The van der Waals surface area contributed by atoms with Crippen LogP contribution in [-0.4, -0.2) is 54.8 Å². The highest BCUT2D eigenvalue weighted by Gasteiger charge is 2.22. The molecule has 0 N–H and O–H groups in total. The topological polar surface area (TPSA) is 69.5 Å². The highest BCUT2D eigenvalue weighted by atomic mass is 32.2. The van der Waals surface area contributed by atoms with Gasteiger partial charge in [0, 0.05) is 43.6 Å². The van der Waals surface area contributed by atoms with E-state index in [1.807, 2.05) is 43.9 Å². The molecule has 29 heavy (non-hydrogen) atoms. The molecule has 1 aromatic heterocycles. The maximum atomic E-state index is 12.7. The lowest BCUT2D eigenvalue weighted by atomic mass is 10.1. The van der Waals surface area contributed by atoms with Crippen molar-refractivity contribution in [2.24, 2.45) is 0 Å². The van der Waals surface area contributed by atoms with Crippen LogP contribution in [0.25, 0.3) is 0 Å². The van der Waals surface area contributed by atoms with Gasteiger partial charge in [-0.1, -0.05) is 17.8 Å². The SMILES string of the molecule is COc1cccc(N2CCN(C(=O)CSc3nc(C)c(C)c(C)c3C#N)CC2)c1. The van der Waals surface area contributed by atoms with Gasteiger partial charge in [-0.2, -0.15) is 5.26 Å². The first-order valence-electron chi connectivity index (χ1n) is 9.62. The molecule has 1 fully saturated rings. The molecule has 7 heteroatoms. The Bertz CT molecular complexity index is 947. The molecule has 1 amide bonds. The third-order valence-corrected chi connectivity index (χ3v) is 6.42. The summed E-state index contributed by atoms with van der Waals surface area (Å²) in [4.78, 5) is 21.4.